The van der Waals surface area contributed by atoms with E-state index in [1.54, 1.807) is 6.07 Å². The minimum Gasteiger partial charge on any atom is -0.314 e. The molecule has 0 amide bonds. The highest BCUT2D eigenvalue weighted by molar-refractivity contribution is 5.85. The summed E-state index contributed by atoms with van der Waals surface area (Å²) in [5.74, 6) is -0.126. The van der Waals surface area contributed by atoms with Crippen LogP contribution in [0.15, 0.2) is 24.3 Å². The van der Waals surface area contributed by atoms with Gasteiger partial charge in [0.2, 0.25) is 0 Å². The highest BCUT2D eigenvalue weighted by Gasteiger charge is 2.21. The summed E-state index contributed by atoms with van der Waals surface area (Å²) in [6.07, 6.45) is 2.23. The van der Waals surface area contributed by atoms with E-state index in [0.29, 0.717) is 6.04 Å². The van der Waals surface area contributed by atoms with E-state index >= 15 is 0 Å². The van der Waals surface area contributed by atoms with E-state index in [1.165, 1.54) is 6.07 Å². The summed E-state index contributed by atoms with van der Waals surface area (Å²) in [6.45, 7) is 6.38. The fourth-order valence-corrected chi connectivity index (χ4v) is 2.54. The summed E-state index contributed by atoms with van der Waals surface area (Å²) >= 11 is 0. The minimum atomic E-state index is -0.126. The predicted molar refractivity (Wildman–Crippen MR) is 83.0 cm³/mol. The van der Waals surface area contributed by atoms with Gasteiger partial charge in [-0.2, -0.15) is 0 Å². The molecule has 1 fully saturated rings. The van der Waals surface area contributed by atoms with Crippen molar-refractivity contribution in [1.29, 1.82) is 0 Å². The van der Waals surface area contributed by atoms with E-state index < -0.39 is 0 Å². The van der Waals surface area contributed by atoms with Crippen molar-refractivity contribution in [2.24, 2.45) is 0 Å². The zero-order valence-corrected chi connectivity index (χ0v) is 12.9. The van der Waals surface area contributed by atoms with Gasteiger partial charge >= 0.3 is 0 Å². The largest absolute Gasteiger partial charge is 0.314 e. The quantitative estimate of drug-likeness (QED) is 0.917. The highest BCUT2D eigenvalue weighted by atomic mass is 35.5. The van der Waals surface area contributed by atoms with Gasteiger partial charge in [-0.05, 0) is 24.1 Å². The highest BCUT2D eigenvalue weighted by Crippen LogP contribution is 2.26. The molecule has 1 aliphatic heterocycles. The molecule has 0 unspecified atom stereocenters. The fourth-order valence-electron chi connectivity index (χ4n) is 2.54. The van der Waals surface area contributed by atoms with Gasteiger partial charge in [0, 0.05) is 32.2 Å². The number of benzene rings is 1. The molecule has 0 aromatic heterocycles. The van der Waals surface area contributed by atoms with Gasteiger partial charge in [0.25, 0.3) is 0 Å². The number of hydrogen-bond donors (Lipinski definition) is 1. The maximum Gasteiger partial charge on any atom is 0.123 e. The first-order valence-electron chi connectivity index (χ1n) is 6.51. The standard InChI is InChI=1S/C14H21FN2.2ClH/c1-2-4-14(17-9-7-16-8-10-17)12-5-3-6-13(15)11-12;;/h3,5-6,11,14,16H,2,4,7-10H2,1H3;2*1H/t14-;;/m0../s1. The Balaban J connectivity index is 0.00000162. The molecular weight excluding hydrogens is 286 g/mol. The van der Waals surface area contributed by atoms with Gasteiger partial charge in [-0.25, -0.2) is 4.39 Å². The number of hydrogen-bond acceptors (Lipinski definition) is 2. The predicted octanol–water partition coefficient (Wildman–Crippen LogP) is 3.42. The molecule has 19 heavy (non-hydrogen) atoms. The molecule has 110 valence electrons. The Hall–Kier alpha value is -0.350. The SMILES string of the molecule is CCC[C@@H](c1cccc(F)c1)N1CCNCC1.Cl.Cl. The van der Waals surface area contributed by atoms with Crippen molar-refractivity contribution in [2.45, 2.75) is 25.8 Å². The van der Waals surface area contributed by atoms with Crippen molar-refractivity contribution in [3.8, 4) is 0 Å². The van der Waals surface area contributed by atoms with Gasteiger partial charge in [-0.1, -0.05) is 25.5 Å². The van der Waals surface area contributed by atoms with Crippen LogP contribution >= 0.6 is 24.8 Å². The Kier molecular flexibility index (Phi) is 9.36. The van der Waals surface area contributed by atoms with Crippen LogP contribution in [0.2, 0.25) is 0 Å². The van der Waals surface area contributed by atoms with Crippen LogP contribution in [0.5, 0.6) is 0 Å². The van der Waals surface area contributed by atoms with Crippen LogP contribution in [0.4, 0.5) is 4.39 Å². The molecule has 1 heterocycles. The molecule has 1 aliphatic rings. The number of rotatable bonds is 4. The lowest BCUT2D eigenvalue weighted by molar-refractivity contribution is 0.164. The Bertz CT molecular complexity index is 357. The van der Waals surface area contributed by atoms with Crippen LogP contribution in [-0.4, -0.2) is 31.1 Å². The van der Waals surface area contributed by atoms with Crippen LogP contribution in [0.3, 0.4) is 0 Å². The number of piperazine rings is 1. The molecule has 1 atom stereocenters. The summed E-state index contributed by atoms with van der Waals surface area (Å²) in [4.78, 5) is 2.47. The van der Waals surface area contributed by atoms with Gasteiger partial charge < -0.3 is 5.32 Å². The van der Waals surface area contributed by atoms with E-state index in [1.807, 2.05) is 12.1 Å². The molecule has 0 radical (unpaired) electrons. The Morgan fingerprint density at radius 3 is 2.53 bits per heavy atom. The average molecular weight is 309 g/mol. The Labute approximate surface area is 127 Å². The molecule has 0 aliphatic carbocycles. The summed E-state index contributed by atoms with van der Waals surface area (Å²) in [5.41, 5.74) is 1.12. The van der Waals surface area contributed by atoms with E-state index in [4.69, 9.17) is 0 Å². The molecule has 1 aromatic carbocycles. The topological polar surface area (TPSA) is 15.3 Å². The third-order valence-electron chi connectivity index (χ3n) is 3.39. The maximum absolute atomic E-state index is 13.3. The van der Waals surface area contributed by atoms with E-state index in [-0.39, 0.29) is 30.6 Å². The molecule has 1 N–H and O–H groups in total. The second-order valence-corrected chi connectivity index (χ2v) is 4.65. The van der Waals surface area contributed by atoms with Gasteiger partial charge in [0.15, 0.2) is 0 Å². The molecule has 0 bridgehead atoms. The summed E-state index contributed by atoms with van der Waals surface area (Å²) in [5, 5.41) is 3.36. The molecule has 0 spiro atoms. The van der Waals surface area contributed by atoms with Crippen LogP contribution < -0.4 is 5.32 Å². The van der Waals surface area contributed by atoms with Crippen molar-refractivity contribution in [1.82, 2.24) is 10.2 Å². The van der Waals surface area contributed by atoms with Crippen LogP contribution in [-0.2, 0) is 0 Å². The van der Waals surface area contributed by atoms with Crippen LogP contribution in [0.25, 0.3) is 0 Å². The van der Waals surface area contributed by atoms with Crippen molar-refractivity contribution in [3.63, 3.8) is 0 Å². The summed E-state index contributed by atoms with van der Waals surface area (Å²) < 4.78 is 13.3. The molecule has 5 heteroatoms. The monoisotopic (exact) mass is 308 g/mol. The number of halogens is 3. The summed E-state index contributed by atoms with van der Waals surface area (Å²) in [6, 6.07) is 7.44. The van der Waals surface area contributed by atoms with Crippen LogP contribution in [0.1, 0.15) is 31.4 Å². The van der Waals surface area contributed by atoms with Gasteiger partial charge in [0.05, 0.1) is 0 Å². The molecular formula is C14H23Cl2FN2. The lowest BCUT2D eigenvalue weighted by Crippen LogP contribution is -2.45. The molecule has 0 saturated carbocycles. The van der Waals surface area contributed by atoms with E-state index in [2.05, 4.69) is 17.1 Å². The zero-order valence-electron chi connectivity index (χ0n) is 11.3. The zero-order chi connectivity index (χ0) is 12.1. The van der Waals surface area contributed by atoms with Crippen molar-refractivity contribution < 1.29 is 4.39 Å². The number of nitrogens with zero attached hydrogens (tertiary/aromatic N) is 1. The van der Waals surface area contributed by atoms with E-state index in [9.17, 15) is 4.39 Å². The van der Waals surface area contributed by atoms with Crippen molar-refractivity contribution >= 4 is 24.8 Å². The first-order valence-corrected chi connectivity index (χ1v) is 6.51. The first-order chi connectivity index (χ1) is 8.31. The van der Waals surface area contributed by atoms with Crippen LogP contribution in [0, 0.1) is 5.82 Å². The van der Waals surface area contributed by atoms with Gasteiger partial charge in [-0.3, -0.25) is 4.90 Å². The molecule has 2 rings (SSSR count). The normalized spacial score (nSPS) is 17.2. The fraction of sp³-hybridized carbons (Fsp3) is 0.571. The Morgan fingerprint density at radius 1 is 1.26 bits per heavy atom. The van der Waals surface area contributed by atoms with E-state index in [0.717, 1.165) is 44.6 Å². The third-order valence-corrected chi connectivity index (χ3v) is 3.39. The first kappa shape index (κ1) is 18.7. The maximum atomic E-state index is 13.3. The summed E-state index contributed by atoms with van der Waals surface area (Å²) in [7, 11) is 0. The lowest BCUT2D eigenvalue weighted by Gasteiger charge is -2.35. The Morgan fingerprint density at radius 2 is 1.95 bits per heavy atom. The third kappa shape index (κ3) is 5.27. The second-order valence-electron chi connectivity index (χ2n) is 4.65. The second kappa shape index (κ2) is 9.54. The molecule has 1 aromatic rings. The van der Waals surface area contributed by atoms with Crippen molar-refractivity contribution in [3.05, 3.63) is 35.6 Å². The number of nitrogens with one attached hydrogen (secondary N) is 1. The lowest BCUT2D eigenvalue weighted by atomic mass is 10.00. The van der Waals surface area contributed by atoms with Gasteiger partial charge in [-0.15, -0.1) is 24.8 Å². The molecule has 2 nitrogen and oxygen atoms in total. The average Bonchev–Trinajstić information content (AvgIpc) is 2.37. The van der Waals surface area contributed by atoms with Crippen molar-refractivity contribution in [2.75, 3.05) is 26.2 Å². The molecule has 1 saturated heterocycles. The minimum absolute atomic E-state index is 0. The van der Waals surface area contributed by atoms with Gasteiger partial charge in [0.1, 0.15) is 5.82 Å². The smallest absolute Gasteiger partial charge is 0.123 e.